The fourth-order valence-electron chi connectivity index (χ4n) is 1.86. The number of imidazole rings is 1. The third-order valence-corrected chi connectivity index (χ3v) is 3.28. The van der Waals surface area contributed by atoms with Crippen molar-refractivity contribution >= 4 is 17.5 Å². The third-order valence-electron chi connectivity index (χ3n) is 3.05. The summed E-state index contributed by atoms with van der Waals surface area (Å²) in [4.78, 5) is 19.6. The van der Waals surface area contributed by atoms with Gasteiger partial charge in [0.1, 0.15) is 11.5 Å². The molecule has 0 saturated heterocycles. The van der Waals surface area contributed by atoms with Crippen molar-refractivity contribution in [1.29, 1.82) is 0 Å². The Morgan fingerprint density at radius 2 is 2.19 bits per heavy atom. The van der Waals surface area contributed by atoms with Crippen LogP contribution >= 0.6 is 11.6 Å². The van der Waals surface area contributed by atoms with E-state index in [1.807, 2.05) is 12.1 Å². The molecule has 0 spiro atoms. The molecule has 0 aliphatic rings. The van der Waals surface area contributed by atoms with Crippen LogP contribution in [0.5, 0.6) is 0 Å². The van der Waals surface area contributed by atoms with Gasteiger partial charge in [-0.25, -0.2) is 4.98 Å². The van der Waals surface area contributed by atoms with Gasteiger partial charge in [0.15, 0.2) is 0 Å². The lowest BCUT2D eigenvalue weighted by molar-refractivity contribution is 0.0864. The average molecular weight is 308 g/mol. The van der Waals surface area contributed by atoms with E-state index >= 15 is 0 Å². The number of nitrogens with one attached hydrogen (secondary N) is 2. The Hall–Kier alpha value is -1.85. The third kappa shape index (κ3) is 3.62. The Kier molecular flexibility index (Phi) is 4.34. The molecule has 112 valence electrons. The van der Waals surface area contributed by atoms with Gasteiger partial charge in [0.25, 0.3) is 5.91 Å². The van der Waals surface area contributed by atoms with E-state index in [-0.39, 0.29) is 12.5 Å². The molecule has 0 aliphatic carbocycles. The van der Waals surface area contributed by atoms with E-state index in [9.17, 15) is 9.90 Å². The van der Waals surface area contributed by atoms with Crippen LogP contribution in [-0.2, 0) is 0 Å². The second-order valence-corrected chi connectivity index (χ2v) is 6.00. The minimum absolute atomic E-state index is 0.149. The van der Waals surface area contributed by atoms with Crippen LogP contribution in [0.1, 0.15) is 30.0 Å². The minimum atomic E-state index is -0.696. The van der Waals surface area contributed by atoms with Crippen molar-refractivity contribution in [3.63, 3.8) is 0 Å². The van der Waals surface area contributed by atoms with Crippen molar-refractivity contribution < 1.29 is 9.90 Å². The highest BCUT2D eigenvalue weighted by atomic mass is 35.5. The molecule has 2 rings (SSSR count). The monoisotopic (exact) mass is 307 g/mol. The number of carbonyl (C=O) groups is 1. The van der Waals surface area contributed by atoms with Gasteiger partial charge in [-0.3, -0.25) is 4.79 Å². The van der Waals surface area contributed by atoms with Gasteiger partial charge < -0.3 is 15.4 Å². The molecular formula is C15H18ClN3O2. The van der Waals surface area contributed by atoms with Crippen molar-refractivity contribution in [2.75, 3.05) is 6.61 Å². The van der Waals surface area contributed by atoms with Crippen molar-refractivity contribution in [1.82, 2.24) is 15.3 Å². The number of halogens is 1. The van der Waals surface area contributed by atoms with E-state index in [2.05, 4.69) is 15.3 Å². The molecule has 0 aliphatic heterocycles. The summed E-state index contributed by atoms with van der Waals surface area (Å²) in [5.41, 5.74) is 1.09. The summed E-state index contributed by atoms with van der Waals surface area (Å²) >= 11 is 5.96. The van der Waals surface area contributed by atoms with Crippen LogP contribution in [0.2, 0.25) is 5.02 Å². The summed E-state index contributed by atoms with van der Waals surface area (Å²) in [5.74, 6) is 0.262. The van der Waals surface area contributed by atoms with Gasteiger partial charge in [0.2, 0.25) is 0 Å². The molecule has 2 aromatic rings. The average Bonchev–Trinajstić information content (AvgIpc) is 2.80. The lowest BCUT2D eigenvalue weighted by atomic mass is 10.1. The summed E-state index contributed by atoms with van der Waals surface area (Å²) < 4.78 is 0. The van der Waals surface area contributed by atoms with E-state index in [4.69, 9.17) is 11.6 Å². The molecule has 0 bridgehead atoms. The number of aliphatic hydroxyl groups is 1. The number of hydrogen-bond acceptors (Lipinski definition) is 3. The molecule has 0 saturated carbocycles. The van der Waals surface area contributed by atoms with Gasteiger partial charge in [-0.1, -0.05) is 23.7 Å². The van der Waals surface area contributed by atoms with Crippen LogP contribution < -0.4 is 5.32 Å². The Balaban J connectivity index is 2.29. The summed E-state index contributed by atoms with van der Waals surface area (Å²) in [6.45, 7) is 5.11. The van der Waals surface area contributed by atoms with Crippen molar-refractivity contribution in [2.24, 2.45) is 0 Å². The number of aromatic amines is 1. The molecule has 21 heavy (non-hydrogen) atoms. The number of amides is 1. The fourth-order valence-corrected chi connectivity index (χ4v) is 2.05. The van der Waals surface area contributed by atoms with Gasteiger partial charge in [-0.2, -0.15) is 0 Å². The number of carbonyl (C=O) groups excluding carboxylic acids is 1. The normalized spacial score (nSPS) is 11.5. The second-order valence-electron chi connectivity index (χ2n) is 5.57. The zero-order valence-electron chi connectivity index (χ0n) is 12.2. The smallest absolute Gasteiger partial charge is 0.272 e. The van der Waals surface area contributed by atoms with Gasteiger partial charge in [0, 0.05) is 16.3 Å². The minimum Gasteiger partial charge on any atom is -0.394 e. The lowest BCUT2D eigenvalue weighted by Gasteiger charge is -2.22. The quantitative estimate of drug-likeness (QED) is 0.812. The van der Waals surface area contributed by atoms with Gasteiger partial charge in [-0.05, 0) is 32.9 Å². The van der Waals surface area contributed by atoms with Crippen LogP contribution in [0.3, 0.4) is 0 Å². The zero-order valence-corrected chi connectivity index (χ0v) is 13.0. The van der Waals surface area contributed by atoms with E-state index in [1.54, 1.807) is 32.9 Å². The Labute approximate surface area is 128 Å². The van der Waals surface area contributed by atoms with Crippen LogP contribution in [-0.4, -0.2) is 33.1 Å². The second kappa shape index (κ2) is 5.87. The highest BCUT2D eigenvalue weighted by Crippen LogP contribution is 2.21. The molecule has 1 heterocycles. The molecule has 5 nitrogen and oxygen atoms in total. The molecule has 1 amide bonds. The molecule has 1 aromatic carbocycles. The van der Waals surface area contributed by atoms with E-state index in [1.165, 1.54) is 0 Å². The summed E-state index contributed by atoms with van der Waals surface area (Å²) in [6, 6.07) is 7.24. The van der Waals surface area contributed by atoms with Crippen LogP contribution in [0.15, 0.2) is 24.3 Å². The molecule has 0 radical (unpaired) electrons. The number of nitrogens with zero attached hydrogens (tertiary/aromatic N) is 1. The van der Waals surface area contributed by atoms with Crippen molar-refractivity contribution in [3.05, 3.63) is 40.7 Å². The predicted molar refractivity (Wildman–Crippen MR) is 82.4 cm³/mol. The van der Waals surface area contributed by atoms with Gasteiger partial charge >= 0.3 is 0 Å². The maximum Gasteiger partial charge on any atom is 0.272 e. The topological polar surface area (TPSA) is 78.0 Å². The first kappa shape index (κ1) is 15.5. The van der Waals surface area contributed by atoms with Crippen molar-refractivity contribution in [2.45, 2.75) is 26.3 Å². The van der Waals surface area contributed by atoms with E-state index < -0.39 is 5.54 Å². The molecule has 0 atom stereocenters. The molecular weight excluding hydrogens is 290 g/mol. The van der Waals surface area contributed by atoms with Crippen LogP contribution in [0, 0.1) is 6.92 Å². The molecule has 0 fully saturated rings. The maximum atomic E-state index is 12.2. The standard InChI is InChI=1S/C15H18ClN3O2/c1-9-12(14(21)19-15(2,3)8-20)18-13(17-9)10-5-4-6-11(16)7-10/h4-7,20H,8H2,1-3H3,(H,17,18)(H,19,21). The van der Waals surface area contributed by atoms with E-state index in [0.29, 0.717) is 22.2 Å². The molecule has 6 heteroatoms. The number of aliphatic hydroxyl groups excluding tert-OH is 1. The first-order valence-corrected chi connectivity index (χ1v) is 6.96. The van der Waals surface area contributed by atoms with Gasteiger partial charge in [-0.15, -0.1) is 0 Å². The number of hydrogen-bond donors (Lipinski definition) is 3. The van der Waals surface area contributed by atoms with E-state index in [0.717, 1.165) is 5.56 Å². The first-order chi connectivity index (χ1) is 9.82. The largest absolute Gasteiger partial charge is 0.394 e. The summed E-state index contributed by atoms with van der Waals surface area (Å²) in [7, 11) is 0. The Morgan fingerprint density at radius 3 is 2.81 bits per heavy atom. The van der Waals surface area contributed by atoms with Crippen LogP contribution in [0.4, 0.5) is 0 Å². The van der Waals surface area contributed by atoms with Crippen molar-refractivity contribution in [3.8, 4) is 11.4 Å². The Morgan fingerprint density at radius 1 is 1.48 bits per heavy atom. The number of aromatic nitrogens is 2. The SMILES string of the molecule is Cc1[nH]c(-c2cccc(Cl)c2)nc1C(=O)NC(C)(C)CO. The highest BCUT2D eigenvalue weighted by molar-refractivity contribution is 6.30. The number of aryl methyl sites for hydroxylation is 1. The lowest BCUT2D eigenvalue weighted by Crippen LogP contribution is -2.46. The number of H-pyrrole nitrogens is 1. The predicted octanol–water partition coefficient (Wildman–Crippen LogP) is 2.54. The number of benzene rings is 1. The molecule has 3 N–H and O–H groups in total. The Bertz CT molecular complexity index is 665. The summed E-state index contributed by atoms with van der Waals surface area (Å²) in [6.07, 6.45) is 0. The molecule has 0 unspecified atom stereocenters. The highest BCUT2D eigenvalue weighted by Gasteiger charge is 2.23. The fraction of sp³-hybridized carbons (Fsp3) is 0.333. The maximum absolute atomic E-state index is 12.2. The first-order valence-electron chi connectivity index (χ1n) is 6.58. The summed E-state index contributed by atoms with van der Waals surface area (Å²) in [5, 5.41) is 12.6. The zero-order chi connectivity index (χ0) is 15.6. The van der Waals surface area contributed by atoms with Crippen LogP contribution in [0.25, 0.3) is 11.4 Å². The number of rotatable bonds is 4. The molecule has 1 aromatic heterocycles. The van der Waals surface area contributed by atoms with Gasteiger partial charge in [0.05, 0.1) is 12.1 Å².